The van der Waals surface area contributed by atoms with Gasteiger partial charge in [-0.2, -0.15) is 0 Å². The summed E-state index contributed by atoms with van der Waals surface area (Å²) in [6.07, 6.45) is 2.28. The zero-order valence-electron chi connectivity index (χ0n) is 8.92. The number of rotatable bonds is 1. The Morgan fingerprint density at radius 3 is 2.20 bits per heavy atom. The molecule has 0 bridgehead atoms. The van der Waals surface area contributed by atoms with Crippen LogP contribution in [0.1, 0.15) is 25.3 Å². The molecule has 84 valence electrons. The molecular weight excluding hydrogens is 213 g/mol. The fourth-order valence-corrected chi connectivity index (χ4v) is 2.12. The molecule has 1 aromatic carbocycles. The van der Waals surface area contributed by atoms with Crippen LogP contribution < -0.4 is 5.32 Å². The van der Waals surface area contributed by atoms with Crippen molar-refractivity contribution < 1.29 is 4.39 Å². The van der Waals surface area contributed by atoms with Gasteiger partial charge in [-0.15, -0.1) is 12.4 Å². The Morgan fingerprint density at radius 1 is 1.13 bits per heavy atom. The summed E-state index contributed by atoms with van der Waals surface area (Å²) in [7, 11) is 0. The molecule has 0 aromatic heterocycles. The van der Waals surface area contributed by atoms with E-state index in [4.69, 9.17) is 0 Å². The maximum Gasteiger partial charge on any atom is 0.123 e. The van der Waals surface area contributed by atoms with Gasteiger partial charge in [0.15, 0.2) is 0 Å². The summed E-state index contributed by atoms with van der Waals surface area (Å²) in [5, 5.41) is 3.35. The van der Waals surface area contributed by atoms with E-state index in [2.05, 4.69) is 12.2 Å². The third-order valence-electron chi connectivity index (χ3n) is 3.25. The molecule has 0 amide bonds. The summed E-state index contributed by atoms with van der Waals surface area (Å²) >= 11 is 0. The Bertz CT molecular complexity index is 304. The van der Waals surface area contributed by atoms with Crippen molar-refractivity contribution in [2.24, 2.45) is 0 Å². The van der Waals surface area contributed by atoms with Gasteiger partial charge in [-0.1, -0.05) is 19.1 Å². The molecule has 1 aromatic rings. The number of nitrogens with one attached hydrogen (secondary N) is 1. The second kappa shape index (κ2) is 4.95. The molecule has 0 atom stereocenters. The molecule has 1 fully saturated rings. The molecule has 0 radical (unpaired) electrons. The predicted octanol–water partition coefficient (Wildman–Crippen LogP) is 2.89. The lowest BCUT2D eigenvalue weighted by atomic mass is 9.75. The topological polar surface area (TPSA) is 12.0 Å². The fraction of sp³-hybridized carbons (Fsp3) is 0.500. The highest BCUT2D eigenvalue weighted by atomic mass is 35.5. The van der Waals surface area contributed by atoms with Crippen LogP contribution in [0.5, 0.6) is 0 Å². The standard InChI is InChI=1S/C12H16FN.ClH/c1-12(6-8-14-9-7-12)10-2-4-11(13)5-3-10;/h2-5,14H,6-9H2,1H3;1H. The predicted molar refractivity (Wildman–Crippen MR) is 63.1 cm³/mol. The zero-order chi connectivity index (χ0) is 10.0. The van der Waals surface area contributed by atoms with Crippen LogP contribution in [0.2, 0.25) is 0 Å². The first-order chi connectivity index (χ1) is 6.71. The van der Waals surface area contributed by atoms with Crippen LogP contribution in [0.4, 0.5) is 4.39 Å². The highest BCUT2D eigenvalue weighted by Gasteiger charge is 2.28. The van der Waals surface area contributed by atoms with E-state index >= 15 is 0 Å². The second-order valence-electron chi connectivity index (χ2n) is 4.32. The first-order valence-electron chi connectivity index (χ1n) is 5.17. The average Bonchev–Trinajstić information content (AvgIpc) is 2.19. The van der Waals surface area contributed by atoms with E-state index < -0.39 is 0 Å². The normalized spacial score (nSPS) is 19.3. The lowest BCUT2D eigenvalue weighted by Crippen LogP contribution is -2.37. The van der Waals surface area contributed by atoms with Crippen LogP contribution in [0.25, 0.3) is 0 Å². The molecule has 0 aliphatic carbocycles. The molecule has 1 nitrogen and oxygen atoms in total. The average molecular weight is 230 g/mol. The van der Waals surface area contributed by atoms with Gasteiger partial charge in [-0.05, 0) is 49.0 Å². The van der Waals surface area contributed by atoms with Crippen molar-refractivity contribution in [1.82, 2.24) is 5.32 Å². The van der Waals surface area contributed by atoms with Gasteiger partial charge < -0.3 is 5.32 Å². The molecule has 0 saturated carbocycles. The van der Waals surface area contributed by atoms with E-state index in [1.807, 2.05) is 12.1 Å². The van der Waals surface area contributed by atoms with Crippen molar-refractivity contribution in [2.45, 2.75) is 25.2 Å². The maximum atomic E-state index is 12.8. The molecule has 0 unspecified atom stereocenters. The van der Waals surface area contributed by atoms with Crippen molar-refractivity contribution in [3.63, 3.8) is 0 Å². The number of hydrogen-bond acceptors (Lipinski definition) is 1. The number of benzene rings is 1. The zero-order valence-corrected chi connectivity index (χ0v) is 9.74. The van der Waals surface area contributed by atoms with Gasteiger partial charge in [-0.25, -0.2) is 4.39 Å². The summed E-state index contributed by atoms with van der Waals surface area (Å²) < 4.78 is 12.8. The molecular formula is C12H17ClFN. The van der Waals surface area contributed by atoms with Gasteiger partial charge in [-0.3, -0.25) is 0 Å². The van der Waals surface area contributed by atoms with Crippen molar-refractivity contribution >= 4 is 12.4 Å². The summed E-state index contributed by atoms with van der Waals surface area (Å²) in [5.41, 5.74) is 1.50. The third-order valence-corrected chi connectivity index (χ3v) is 3.25. The summed E-state index contributed by atoms with van der Waals surface area (Å²) in [6.45, 7) is 4.39. The van der Waals surface area contributed by atoms with E-state index in [9.17, 15) is 4.39 Å². The van der Waals surface area contributed by atoms with Crippen molar-refractivity contribution in [3.8, 4) is 0 Å². The van der Waals surface area contributed by atoms with Gasteiger partial charge in [0.25, 0.3) is 0 Å². The molecule has 1 heterocycles. The molecule has 1 aliphatic rings. The van der Waals surface area contributed by atoms with Crippen molar-refractivity contribution in [2.75, 3.05) is 13.1 Å². The minimum absolute atomic E-state index is 0. The maximum absolute atomic E-state index is 12.8. The Hall–Kier alpha value is -0.600. The fourth-order valence-electron chi connectivity index (χ4n) is 2.12. The van der Waals surface area contributed by atoms with Gasteiger partial charge in [0.2, 0.25) is 0 Å². The molecule has 1 saturated heterocycles. The van der Waals surface area contributed by atoms with E-state index in [0.29, 0.717) is 0 Å². The highest BCUT2D eigenvalue weighted by Crippen LogP contribution is 2.32. The highest BCUT2D eigenvalue weighted by molar-refractivity contribution is 5.85. The van der Waals surface area contributed by atoms with Gasteiger partial charge >= 0.3 is 0 Å². The summed E-state index contributed by atoms with van der Waals surface area (Å²) in [4.78, 5) is 0. The van der Waals surface area contributed by atoms with Crippen molar-refractivity contribution in [1.29, 1.82) is 0 Å². The molecule has 0 spiro atoms. The van der Waals surface area contributed by atoms with Gasteiger partial charge in [0, 0.05) is 0 Å². The van der Waals surface area contributed by atoms with Crippen LogP contribution in [-0.4, -0.2) is 13.1 Å². The van der Waals surface area contributed by atoms with Crippen LogP contribution in [-0.2, 0) is 5.41 Å². The Labute approximate surface area is 96.5 Å². The minimum atomic E-state index is -0.147. The number of halogens is 2. The number of piperidine rings is 1. The van der Waals surface area contributed by atoms with E-state index in [1.165, 1.54) is 5.56 Å². The molecule has 1 aliphatic heterocycles. The largest absolute Gasteiger partial charge is 0.317 e. The smallest absolute Gasteiger partial charge is 0.123 e. The molecule has 2 rings (SSSR count). The molecule has 1 N–H and O–H groups in total. The van der Waals surface area contributed by atoms with Crippen LogP contribution in [0.3, 0.4) is 0 Å². The monoisotopic (exact) mass is 229 g/mol. The van der Waals surface area contributed by atoms with Crippen molar-refractivity contribution in [3.05, 3.63) is 35.6 Å². The van der Waals surface area contributed by atoms with Gasteiger partial charge in [0.05, 0.1) is 0 Å². The van der Waals surface area contributed by atoms with E-state index in [0.717, 1.165) is 25.9 Å². The first kappa shape index (κ1) is 12.5. The molecule has 3 heteroatoms. The summed E-state index contributed by atoms with van der Waals surface area (Å²) in [5.74, 6) is -0.147. The molecule has 15 heavy (non-hydrogen) atoms. The lowest BCUT2D eigenvalue weighted by molar-refractivity contribution is 0.335. The van der Waals surface area contributed by atoms with Crippen LogP contribution in [0, 0.1) is 5.82 Å². The lowest BCUT2D eigenvalue weighted by Gasteiger charge is -2.34. The van der Waals surface area contributed by atoms with Gasteiger partial charge in [0.1, 0.15) is 5.82 Å². The summed E-state index contributed by atoms with van der Waals surface area (Å²) in [6, 6.07) is 6.95. The quantitative estimate of drug-likeness (QED) is 0.781. The van der Waals surface area contributed by atoms with Crippen LogP contribution in [0.15, 0.2) is 24.3 Å². The first-order valence-corrected chi connectivity index (χ1v) is 5.17. The minimum Gasteiger partial charge on any atom is -0.317 e. The van der Waals surface area contributed by atoms with E-state index in [-0.39, 0.29) is 23.6 Å². The van der Waals surface area contributed by atoms with Crippen LogP contribution >= 0.6 is 12.4 Å². The SMILES string of the molecule is CC1(c2ccc(F)cc2)CCNCC1.Cl. The Balaban J connectivity index is 0.00000112. The Kier molecular flexibility index (Phi) is 4.12. The second-order valence-corrected chi connectivity index (χ2v) is 4.32. The number of hydrogen-bond donors (Lipinski definition) is 1. The Morgan fingerprint density at radius 2 is 1.67 bits per heavy atom. The third kappa shape index (κ3) is 2.70. The van der Waals surface area contributed by atoms with E-state index in [1.54, 1.807) is 12.1 Å².